The smallest absolute Gasteiger partial charge is 0.243 e. The van der Waals surface area contributed by atoms with Gasteiger partial charge in [-0.2, -0.15) is 5.10 Å². The van der Waals surface area contributed by atoms with Crippen molar-refractivity contribution in [2.75, 3.05) is 0 Å². The average Bonchev–Trinajstić information content (AvgIpc) is 2.89. The van der Waals surface area contributed by atoms with Crippen LogP contribution < -0.4 is 4.72 Å². The number of nitrogens with zero attached hydrogens (tertiary/aromatic N) is 3. The van der Waals surface area contributed by atoms with Gasteiger partial charge in [-0.25, -0.2) is 18.1 Å². The van der Waals surface area contributed by atoms with Crippen LogP contribution in [0.1, 0.15) is 22.5 Å². The number of benzene rings is 1. The van der Waals surface area contributed by atoms with Crippen LogP contribution in [0.4, 0.5) is 0 Å². The fourth-order valence-corrected chi connectivity index (χ4v) is 4.67. The van der Waals surface area contributed by atoms with Crippen molar-refractivity contribution >= 4 is 37.6 Å². The first kappa shape index (κ1) is 20.0. The van der Waals surface area contributed by atoms with Crippen molar-refractivity contribution in [1.82, 2.24) is 19.5 Å². The topological polar surface area (TPSA) is 76.9 Å². The van der Waals surface area contributed by atoms with Crippen LogP contribution in [0.3, 0.4) is 0 Å². The molecule has 3 rings (SSSR count). The van der Waals surface area contributed by atoms with E-state index in [1.165, 1.54) is 12.3 Å². The molecule has 1 N–H and O–H groups in total. The summed E-state index contributed by atoms with van der Waals surface area (Å²) in [6.45, 7) is 4.55. The van der Waals surface area contributed by atoms with E-state index in [0.717, 1.165) is 22.5 Å². The molecule has 0 bridgehead atoms. The van der Waals surface area contributed by atoms with Crippen LogP contribution in [0.15, 0.2) is 52.0 Å². The SMILES string of the molecule is Cc1nn(Cc2ccccc2)c(C)c1CNS(=O)(=O)c1cc(Br)cnc1Cl. The Morgan fingerprint density at radius 3 is 2.63 bits per heavy atom. The molecule has 0 atom stereocenters. The van der Waals surface area contributed by atoms with Gasteiger partial charge in [0.25, 0.3) is 0 Å². The first-order valence-corrected chi connectivity index (χ1v) is 10.8. The largest absolute Gasteiger partial charge is 0.265 e. The number of aryl methyl sites for hydroxylation is 1. The highest BCUT2D eigenvalue weighted by Gasteiger charge is 2.21. The van der Waals surface area contributed by atoms with Gasteiger partial charge in [-0.3, -0.25) is 4.68 Å². The van der Waals surface area contributed by atoms with Crippen molar-refractivity contribution in [1.29, 1.82) is 0 Å². The standard InChI is InChI=1S/C18H18BrClN4O2S/c1-12-16(13(2)24(23-12)11-14-6-4-3-5-7-14)10-22-27(25,26)17-8-15(19)9-21-18(17)20/h3-9,22H,10-11H2,1-2H3. The van der Waals surface area contributed by atoms with E-state index in [0.29, 0.717) is 11.0 Å². The van der Waals surface area contributed by atoms with Crippen LogP contribution >= 0.6 is 27.5 Å². The fraction of sp³-hybridized carbons (Fsp3) is 0.222. The van der Waals surface area contributed by atoms with Crippen LogP contribution in [-0.4, -0.2) is 23.2 Å². The molecule has 0 amide bonds. The number of pyridine rings is 1. The Kier molecular flexibility index (Phi) is 6.00. The summed E-state index contributed by atoms with van der Waals surface area (Å²) >= 11 is 9.17. The highest BCUT2D eigenvalue weighted by Crippen LogP contribution is 2.23. The van der Waals surface area contributed by atoms with Crippen LogP contribution in [0.5, 0.6) is 0 Å². The molecule has 0 aliphatic heterocycles. The predicted molar refractivity (Wildman–Crippen MR) is 108 cm³/mol. The molecule has 2 aromatic heterocycles. The quantitative estimate of drug-likeness (QED) is 0.557. The van der Waals surface area contributed by atoms with Gasteiger partial charge < -0.3 is 0 Å². The van der Waals surface area contributed by atoms with Crippen LogP contribution in [0.2, 0.25) is 5.15 Å². The third-order valence-electron chi connectivity index (χ3n) is 4.21. The number of halogens is 2. The van der Waals surface area contributed by atoms with Crippen molar-refractivity contribution in [3.05, 3.63) is 74.7 Å². The van der Waals surface area contributed by atoms with Gasteiger partial charge in [0.1, 0.15) is 10.0 Å². The Bertz CT molecular complexity index is 1070. The van der Waals surface area contributed by atoms with Crippen LogP contribution in [0, 0.1) is 13.8 Å². The molecule has 0 aliphatic carbocycles. The molecular formula is C18H18BrClN4O2S. The van der Waals surface area contributed by atoms with Crippen molar-refractivity contribution in [2.24, 2.45) is 0 Å². The summed E-state index contributed by atoms with van der Waals surface area (Å²) in [4.78, 5) is 3.80. The second-order valence-electron chi connectivity index (χ2n) is 6.06. The maximum atomic E-state index is 12.6. The molecule has 27 heavy (non-hydrogen) atoms. The van der Waals surface area contributed by atoms with Gasteiger partial charge >= 0.3 is 0 Å². The Morgan fingerprint density at radius 2 is 1.93 bits per heavy atom. The predicted octanol–water partition coefficient (Wildman–Crippen LogP) is 3.84. The molecule has 3 aromatic rings. The van der Waals surface area contributed by atoms with Gasteiger partial charge in [-0.1, -0.05) is 41.9 Å². The minimum absolute atomic E-state index is 0.0643. The van der Waals surface area contributed by atoms with Crippen molar-refractivity contribution in [3.8, 4) is 0 Å². The minimum Gasteiger partial charge on any atom is -0.265 e. The Balaban J connectivity index is 1.81. The minimum atomic E-state index is -3.81. The molecule has 0 spiro atoms. The molecular weight excluding hydrogens is 452 g/mol. The highest BCUT2D eigenvalue weighted by molar-refractivity contribution is 9.10. The van der Waals surface area contributed by atoms with Gasteiger partial charge in [0.05, 0.1) is 12.2 Å². The molecule has 0 saturated carbocycles. The normalized spacial score (nSPS) is 11.7. The summed E-state index contributed by atoms with van der Waals surface area (Å²) in [5.41, 5.74) is 3.66. The lowest BCUT2D eigenvalue weighted by molar-refractivity contribution is 0.580. The Morgan fingerprint density at radius 1 is 1.22 bits per heavy atom. The van der Waals surface area contributed by atoms with E-state index < -0.39 is 10.0 Å². The highest BCUT2D eigenvalue weighted by atomic mass is 79.9. The molecule has 1 aromatic carbocycles. The molecule has 0 unspecified atom stereocenters. The van der Waals surface area contributed by atoms with E-state index in [4.69, 9.17) is 11.6 Å². The van der Waals surface area contributed by atoms with Gasteiger partial charge in [-0.05, 0) is 41.4 Å². The number of aromatic nitrogens is 3. The molecule has 0 aliphatic rings. The van der Waals surface area contributed by atoms with Crippen LogP contribution in [-0.2, 0) is 23.1 Å². The second-order valence-corrected chi connectivity index (χ2v) is 9.07. The summed E-state index contributed by atoms with van der Waals surface area (Å²) in [5.74, 6) is 0. The second kappa shape index (κ2) is 8.10. The number of hydrogen-bond donors (Lipinski definition) is 1. The van der Waals surface area contributed by atoms with Gasteiger partial charge in [0.2, 0.25) is 10.0 Å². The number of nitrogens with one attached hydrogen (secondary N) is 1. The van der Waals surface area contributed by atoms with Crippen molar-refractivity contribution in [3.63, 3.8) is 0 Å². The summed E-state index contributed by atoms with van der Waals surface area (Å²) in [6, 6.07) is 11.4. The molecule has 6 nitrogen and oxygen atoms in total. The van der Waals surface area contributed by atoms with Gasteiger partial charge in [-0.15, -0.1) is 0 Å². The third-order valence-corrected chi connectivity index (χ3v) is 6.47. The zero-order valence-electron chi connectivity index (χ0n) is 14.8. The zero-order valence-corrected chi connectivity index (χ0v) is 17.9. The monoisotopic (exact) mass is 468 g/mol. The summed E-state index contributed by atoms with van der Waals surface area (Å²) in [5, 5.41) is 4.48. The summed E-state index contributed by atoms with van der Waals surface area (Å²) < 4.78 is 30.2. The lowest BCUT2D eigenvalue weighted by Crippen LogP contribution is -2.24. The Labute approximate surface area is 171 Å². The zero-order chi connectivity index (χ0) is 19.6. The lowest BCUT2D eigenvalue weighted by Gasteiger charge is -2.09. The van der Waals surface area contributed by atoms with Crippen molar-refractivity contribution < 1.29 is 8.42 Å². The van der Waals surface area contributed by atoms with Gasteiger partial charge in [0.15, 0.2) is 0 Å². The van der Waals surface area contributed by atoms with E-state index in [1.54, 1.807) is 0 Å². The molecule has 142 valence electrons. The van der Waals surface area contributed by atoms with E-state index in [9.17, 15) is 8.42 Å². The summed E-state index contributed by atoms with van der Waals surface area (Å²) in [7, 11) is -3.81. The number of hydrogen-bond acceptors (Lipinski definition) is 4. The number of rotatable bonds is 6. The van der Waals surface area contributed by atoms with E-state index >= 15 is 0 Å². The van der Waals surface area contributed by atoms with E-state index in [2.05, 4.69) is 30.7 Å². The third kappa shape index (κ3) is 4.57. The van der Waals surface area contributed by atoms with Crippen molar-refractivity contribution in [2.45, 2.75) is 31.8 Å². The average molecular weight is 470 g/mol. The molecule has 2 heterocycles. The summed E-state index contributed by atoms with van der Waals surface area (Å²) in [6.07, 6.45) is 1.45. The van der Waals surface area contributed by atoms with E-state index in [1.807, 2.05) is 48.9 Å². The maximum Gasteiger partial charge on any atom is 0.243 e. The molecule has 0 fully saturated rings. The molecule has 0 saturated heterocycles. The van der Waals surface area contributed by atoms with Gasteiger partial charge in [0, 0.05) is 28.5 Å². The molecule has 9 heteroatoms. The molecule has 0 radical (unpaired) electrons. The first-order valence-electron chi connectivity index (χ1n) is 8.15. The maximum absolute atomic E-state index is 12.6. The first-order chi connectivity index (χ1) is 12.8. The Hall–Kier alpha value is -1.74. The lowest BCUT2D eigenvalue weighted by atomic mass is 10.2. The number of sulfonamides is 1. The fourth-order valence-electron chi connectivity index (χ4n) is 2.74. The van der Waals surface area contributed by atoms with Crippen LogP contribution in [0.25, 0.3) is 0 Å². The van der Waals surface area contributed by atoms with E-state index in [-0.39, 0.29) is 16.6 Å².